The van der Waals surface area contributed by atoms with Crippen LogP contribution in [-0.4, -0.2) is 26.4 Å². The van der Waals surface area contributed by atoms with Gasteiger partial charge >= 0.3 is 0 Å². The highest BCUT2D eigenvalue weighted by atomic mass is 79.9. The van der Waals surface area contributed by atoms with E-state index in [1.165, 1.54) is 22.5 Å². The molecule has 158 valence electrons. The lowest BCUT2D eigenvalue weighted by molar-refractivity contribution is -0.113. The number of aryl methyl sites for hydroxylation is 1. The molecule has 8 heteroatoms. The first-order chi connectivity index (χ1) is 15.0. The lowest BCUT2D eigenvalue weighted by atomic mass is 10.0. The lowest BCUT2D eigenvalue weighted by Gasteiger charge is -2.11. The van der Waals surface area contributed by atoms with Gasteiger partial charge in [0.2, 0.25) is 5.91 Å². The zero-order valence-corrected chi connectivity index (χ0v) is 19.5. The molecule has 4 aromatic rings. The lowest BCUT2D eigenvalue weighted by Crippen LogP contribution is -2.14. The highest BCUT2D eigenvalue weighted by Gasteiger charge is 2.13. The van der Waals surface area contributed by atoms with E-state index in [4.69, 9.17) is 4.74 Å². The molecule has 0 bridgehead atoms. The van der Waals surface area contributed by atoms with Crippen LogP contribution in [0.2, 0.25) is 0 Å². The number of benzene rings is 3. The molecule has 1 aromatic heterocycles. The molecule has 0 spiro atoms. The third kappa shape index (κ3) is 5.08. The van der Waals surface area contributed by atoms with E-state index in [-0.39, 0.29) is 11.7 Å². The summed E-state index contributed by atoms with van der Waals surface area (Å²) in [6.45, 7) is 2.36. The van der Waals surface area contributed by atoms with Crippen molar-refractivity contribution in [1.82, 2.24) is 14.8 Å². The second-order valence-corrected chi connectivity index (χ2v) is 8.86. The average Bonchev–Trinajstić information content (AvgIpc) is 3.13. The summed E-state index contributed by atoms with van der Waals surface area (Å²) in [6.07, 6.45) is 0. The third-order valence-electron chi connectivity index (χ3n) is 4.89. The maximum Gasteiger partial charge on any atom is 0.234 e. The number of anilines is 1. The molecular weight excluding hydrogens is 476 g/mol. The van der Waals surface area contributed by atoms with Gasteiger partial charge in [0.05, 0.1) is 5.75 Å². The van der Waals surface area contributed by atoms with Crippen LogP contribution in [-0.2, 0) is 18.4 Å². The minimum absolute atomic E-state index is 0.0973. The molecule has 0 unspecified atom stereocenters. The van der Waals surface area contributed by atoms with Gasteiger partial charge in [0.1, 0.15) is 12.4 Å². The van der Waals surface area contributed by atoms with Crippen molar-refractivity contribution in [1.29, 1.82) is 0 Å². The second-order valence-electron chi connectivity index (χ2n) is 7.00. The van der Waals surface area contributed by atoms with Gasteiger partial charge < -0.3 is 14.6 Å². The minimum atomic E-state index is -0.0973. The van der Waals surface area contributed by atoms with Crippen LogP contribution in [0.15, 0.2) is 70.3 Å². The molecule has 3 aromatic carbocycles. The van der Waals surface area contributed by atoms with Gasteiger partial charge in [-0.05, 0) is 53.6 Å². The number of nitrogens with zero attached hydrogens (tertiary/aromatic N) is 3. The number of halogens is 1. The number of aromatic nitrogens is 3. The molecule has 0 atom stereocenters. The summed E-state index contributed by atoms with van der Waals surface area (Å²) in [7, 11) is 1.88. The first-order valence-electron chi connectivity index (χ1n) is 9.69. The van der Waals surface area contributed by atoms with E-state index >= 15 is 0 Å². The average molecular weight is 497 g/mol. The third-order valence-corrected chi connectivity index (χ3v) is 6.44. The number of thioether (sulfide) groups is 1. The quantitative estimate of drug-likeness (QED) is 0.349. The van der Waals surface area contributed by atoms with Crippen molar-refractivity contribution >= 4 is 50.1 Å². The standard InChI is InChI=1S/C23H21BrN4O2S/c1-15-19-6-4-3-5-16(19)7-12-20(15)30-13-21-26-27-23(28(21)2)31-14-22(29)25-18-10-8-17(24)9-11-18/h3-12H,13-14H2,1-2H3,(H,25,29). The maximum atomic E-state index is 12.2. The number of fused-ring (bicyclic) bond motifs is 1. The van der Waals surface area contributed by atoms with Crippen molar-refractivity contribution in [2.75, 3.05) is 11.1 Å². The molecule has 4 rings (SSSR count). The van der Waals surface area contributed by atoms with E-state index in [0.29, 0.717) is 17.6 Å². The summed E-state index contributed by atoms with van der Waals surface area (Å²) in [4.78, 5) is 12.2. The van der Waals surface area contributed by atoms with E-state index in [0.717, 1.165) is 21.5 Å². The van der Waals surface area contributed by atoms with Crippen LogP contribution in [0.1, 0.15) is 11.4 Å². The SMILES string of the molecule is Cc1c(OCc2nnc(SCC(=O)Nc3ccc(Br)cc3)n2C)ccc2ccccc12. The summed E-state index contributed by atoms with van der Waals surface area (Å²) in [5.74, 6) is 1.67. The van der Waals surface area contributed by atoms with Crippen molar-refractivity contribution in [2.45, 2.75) is 18.7 Å². The van der Waals surface area contributed by atoms with Crippen molar-refractivity contribution in [2.24, 2.45) is 7.05 Å². The Labute approximate surface area is 193 Å². The first-order valence-corrected chi connectivity index (χ1v) is 11.5. The summed E-state index contributed by atoms with van der Waals surface area (Å²) in [5.41, 5.74) is 1.85. The summed E-state index contributed by atoms with van der Waals surface area (Å²) >= 11 is 4.72. The topological polar surface area (TPSA) is 69.0 Å². The van der Waals surface area contributed by atoms with Crippen molar-refractivity contribution in [3.63, 3.8) is 0 Å². The number of hydrogen-bond acceptors (Lipinski definition) is 5. The van der Waals surface area contributed by atoms with Crippen LogP contribution in [0.4, 0.5) is 5.69 Å². The molecule has 6 nitrogen and oxygen atoms in total. The van der Waals surface area contributed by atoms with Crippen molar-refractivity contribution in [3.05, 3.63) is 76.5 Å². The molecule has 31 heavy (non-hydrogen) atoms. The van der Waals surface area contributed by atoms with E-state index in [1.807, 2.05) is 54.1 Å². The molecule has 1 heterocycles. The Kier molecular flexibility index (Phi) is 6.58. The molecule has 0 fully saturated rings. The summed E-state index contributed by atoms with van der Waals surface area (Å²) in [5, 5.41) is 14.3. The van der Waals surface area contributed by atoms with E-state index < -0.39 is 0 Å². The van der Waals surface area contributed by atoms with Gasteiger partial charge in [0.25, 0.3) is 0 Å². The second kappa shape index (κ2) is 9.53. The Bertz CT molecular complexity index is 1220. The number of nitrogens with one attached hydrogen (secondary N) is 1. The molecule has 0 aliphatic carbocycles. The van der Waals surface area contributed by atoms with Gasteiger partial charge in [-0.15, -0.1) is 10.2 Å². The van der Waals surface area contributed by atoms with Crippen LogP contribution >= 0.6 is 27.7 Å². The Hall–Kier alpha value is -2.84. The number of carbonyl (C=O) groups excluding carboxylic acids is 1. The van der Waals surface area contributed by atoms with Crippen LogP contribution in [0.3, 0.4) is 0 Å². The fourth-order valence-electron chi connectivity index (χ4n) is 3.16. The van der Waals surface area contributed by atoms with E-state index in [1.54, 1.807) is 0 Å². The molecule has 1 amide bonds. The fourth-order valence-corrected chi connectivity index (χ4v) is 4.16. The van der Waals surface area contributed by atoms with Crippen LogP contribution in [0.5, 0.6) is 5.75 Å². The summed E-state index contributed by atoms with van der Waals surface area (Å²) < 4.78 is 8.84. The Balaban J connectivity index is 1.35. The monoisotopic (exact) mass is 496 g/mol. The van der Waals surface area contributed by atoms with Crippen molar-refractivity contribution < 1.29 is 9.53 Å². The van der Waals surface area contributed by atoms with E-state index in [2.05, 4.69) is 56.6 Å². The maximum absolute atomic E-state index is 12.2. The molecular formula is C23H21BrN4O2S. The Morgan fingerprint density at radius 3 is 2.68 bits per heavy atom. The molecule has 0 radical (unpaired) electrons. The van der Waals surface area contributed by atoms with Gasteiger partial charge in [-0.2, -0.15) is 0 Å². The first kappa shape index (κ1) is 21.4. The zero-order valence-electron chi connectivity index (χ0n) is 17.1. The molecule has 1 N–H and O–H groups in total. The number of ether oxygens (including phenoxy) is 1. The Morgan fingerprint density at radius 2 is 1.87 bits per heavy atom. The van der Waals surface area contributed by atoms with Crippen LogP contribution < -0.4 is 10.1 Å². The van der Waals surface area contributed by atoms with Gasteiger partial charge in [0, 0.05) is 17.2 Å². The highest BCUT2D eigenvalue weighted by Crippen LogP contribution is 2.28. The van der Waals surface area contributed by atoms with Crippen molar-refractivity contribution in [3.8, 4) is 5.75 Å². The fraction of sp³-hybridized carbons (Fsp3) is 0.174. The minimum Gasteiger partial charge on any atom is -0.485 e. The van der Waals surface area contributed by atoms with Gasteiger partial charge in [-0.3, -0.25) is 4.79 Å². The molecule has 0 aliphatic rings. The normalized spacial score (nSPS) is 10.9. The number of rotatable bonds is 7. The highest BCUT2D eigenvalue weighted by molar-refractivity contribution is 9.10. The number of hydrogen-bond donors (Lipinski definition) is 1. The van der Waals surface area contributed by atoms with Gasteiger partial charge in [-0.25, -0.2) is 0 Å². The Morgan fingerprint density at radius 1 is 1.10 bits per heavy atom. The molecule has 0 saturated heterocycles. The number of carbonyl (C=O) groups is 1. The van der Waals surface area contributed by atoms with Crippen LogP contribution in [0, 0.1) is 6.92 Å². The van der Waals surface area contributed by atoms with Gasteiger partial charge in [-0.1, -0.05) is 58.0 Å². The van der Waals surface area contributed by atoms with Gasteiger partial charge in [0.15, 0.2) is 11.0 Å². The smallest absolute Gasteiger partial charge is 0.234 e. The van der Waals surface area contributed by atoms with E-state index in [9.17, 15) is 4.79 Å². The number of amides is 1. The largest absolute Gasteiger partial charge is 0.485 e. The molecule has 0 saturated carbocycles. The van der Waals surface area contributed by atoms with Crippen LogP contribution in [0.25, 0.3) is 10.8 Å². The predicted octanol–water partition coefficient (Wildman–Crippen LogP) is 5.35. The summed E-state index contributed by atoms with van der Waals surface area (Å²) in [6, 6.07) is 19.7. The zero-order chi connectivity index (χ0) is 21.8. The molecule has 0 aliphatic heterocycles. The predicted molar refractivity (Wildman–Crippen MR) is 128 cm³/mol.